The van der Waals surface area contributed by atoms with Crippen LogP contribution in [-0.2, 0) is 4.79 Å². The average Bonchev–Trinajstić information content (AvgIpc) is 3.02. The zero-order chi connectivity index (χ0) is 20.6. The lowest BCUT2D eigenvalue weighted by atomic mass is 10.1. The SMILES string of the molecule is NC(=O)c1cccc(NC(=O)CNc2ccc(C(=O)N3CCCCCC3)cc2)c1. The number of hydrogen-bond acceptors (Lipinski definition) is 4. The second-order valence-corrected chi connectivity index (χ2v) is 7.13. The summed E-state index contributed by atoms with van der Waals surface area (Å²) < 4.78 is 0. The highest BCUT2D eigenvalue weighted by Gasteiger charge is 2.17. The van der Waals surface area contributed by atoms with E-state index >= 15 is 0 Å². The molecule has 0 aliphatic carbocycles. The number of rotatable bonds is 6. The standard InChI is InChI=1S/C22H26N4O3/c23-21(28)17-6-5-7-19(14-17)25-20(27)15-24-18-10-8-16(9-11-18)22(29)26-12-3-1-2-4-13-26/h5-11,14,24H,1-4,12-13,15H2,(H2,23,28)(H,25,27). The Morgan fingerprint density at radius 3 is 2.21 bits per heavy atom. The third-order valence-electron chi connectivity index (χ3n) is 4.91. The molecule has 0 spiro atoms. The predicted octanol–water partition coefficient (Wildman–Crippen LogP) is 2.85. The molecule has 0 saturated carbocycles. The van der Waals surface area contributed by atoms with Gasteiger partial charge in [-0.25, -0.2) is 0 Å². The quantitative estimate of drug-likeness (QED) is 0.701. The van der Waals surface area contributed by atoms with Crippen LogP contribution < -0.4 is 16.4 Å². The molecular formula is C22H26N4O3. The van der Waals surface area contributed by atoms with Crippen molar-refractivity contribution < 1.29 is 14.4 Å². The number of nitrogens with two attached hydrogens (primary N) is 1. The molecule has 0 radical (unpaired) electrons. The first-order valence-electron chi connectivity index (χ1n) is 9.86. The summed E-state index contributed by atoms with van der Waals surface area (Å²) in [5.74, 6) is -0.740. The Bertz CT molecular complexity index is 872. The van der Waals surface area contributed by atoms with Gasteiger partial charge in [-0.05, 0) is 55.3 Å². The summed E-state index contributed by atoms with van der Waals surface area (Å²) in [5, 5.41) is 5.75. The minimum absolute atomic E-state index is 0.0558. The van der Waals surface area contributed by atoms with Gasteiger partial charge >= 0.3 is 0 Å². The Kier molecular flexibility index (Phi) is 6.84. The van der Waals surface area contributed by atoms with Crippen molar-refractivity contribution in [2.24, 2.45) is 5.73 Å². The molecule has 2 aromatic rings. The highest BCUT2D eigenvalue weighted by atomic mass is 16.2. The van der Waals surface area contributed by atoms with Crippen molar-refractivity contribution in [2.75, 3.05) is 30.3 Å². The van der Waals surface area contributed by atoms with E-state index in [9.17, 15) is 14.4 Å². The Hall–Kier alpha value is -3.35. The van der Waals surface area contributed by atoms with Crippen molar-refractivity contribution in [3.63, 3.8) is 0 Å². The van der Waals surface area contributed by atoms with Gasteiger partial charge in [0, 0.05) is 35.6 Å². The van der Waals surface area contributed by atoms with E-state index in [-0.39, 0.29) is 18.4 Å². The summed E-state index contributed by atoms with van der Waals surface area (Å²) in [5.41, 5.74) is 7.49. The molecule has 0 aromatic heterocycles. The predicted molar refractivity (Wildman–Crippen MR) is 113 cm³/mol. The van der Waals surface area contributed by atoms with Crippen LogP contribution in [0.3, 0.4) is 0 Å². The molecule has 7 heteroatoms. The van der Waals surface area contributed by atoms with Crippen LogP contribution in [0.15, 0.2) is 48.5 Å². The van der Waals surface area contributed by atoms with Gasteiger partial charge in [-0.1, -0.05) is 18.9 Å². The first kappa shape index (κ1) is 20.4. The fourth-order valence-corrected chi connectivity index (χ4v) is 3.32. The lowest BCUT2D eigenvalue weighted by molar-refractivity contribution is -0.114. The van der Waals surface area contributed by atoms with E-state index in [1.165, 1.54) is 18.9 Å². The summed E-state index contributed by atoms with van der Waals surface area (Å²) in [6.45, 7) is 1.69. The molecule has 3 rings (SSSR count). The van der Waals surface area contributed by atoms with E-state index in [2.05, 4.69) is 10.6 Å². The molecule has 4 N–H and O–H groups in total. The molecule has 2 aromatic carbocycles. The van der Waals surface area contributed by atoms with E-state index in [1.54, 1.807) is 42.5 Å². The summed E-state index contributed by atoms with van der Waals surface area (Å²) in [7, 11) is 0. The number of carbonyl (C=O) groups excluding carboxylic acids is 3. The maximum absolute atomic E-state index is 12.6. The fraction of sp³-hybridized carbons (Fsp3) is 0.318. The molecule has 29 heavy (non-hydrogen) atoms. The van der Waals surface area contributed by atoms with Gasteiger partial charge in [-0.15, -0.1) is 0 Å². The van der Waals surface area contributed by atoms with Gasteiger partial charge in [0.15, 0.2) is 0 Å². The lowest BCUT2D eigenvalue weighted by Crippen LogP contribution is -2.31. The van der Waals surface area contributed by atoms with Crippen molar-refractivity contribution in [3.8, 4) is 0 Å². The maximum atomic E-state index is 12.6. The number of primary amides is 1. The maximum Gasteiger partial charge on any atom is 0.253 e. The summed E-state index contributed by atoms with van der Waals surface area (Å²) >= 11 is 0. The topological polar surface area (TPSA) is 105 Å². The lowest BCUT2D eigenvalue weighted by Gasteiger charge is -2.20. The van der Waals surface area contributed by atoms with Crippen LogP contribution in [0, 0.1) is 0 Å². The number of nitrogens with one attached hydrogen (secondary N) is 2. The van der Waals surface area contributed by atoms with E-state index in [4.69, 9.17) is 5.73 Å². The Balaban J connectivity index is 1.52. The molecule has 1 saturated heterocycles. The third-order valence-corrected chi connectivity index (χ3v) is 4.91. The molecule has 3 amide bonds. The smallest absolute Gasteiger partial charge is 0.253 e. The first-order valence-corrected chi connectivity index (χ1v) is 9.86. The van der Waals surface area contributed by atoms with Crippen LogP contribution in [0.1, 0.15) is 46.4 Å². The van der Waals surface area contributed by atoms with Crippen molar-refractivity contribution in [2.45, 2.75) is 25.7 Å². The highest BCUT2D eigenvalue weighted by molar-refractivity contribution is 5.97. The summed E-state index contributed by atoms with van der Waals surface area (Å²) in [4.78, 5) is 37.9. The number of likely N-dealkylation sites (tertiary alicyclic amines) is 1. The minimum atomic E-state index is -0.547. The van der Waals surface area contributed by atoms with E-state index < -0.39 is 5.91 Å². The number of nitrogens with zero attached hydrogens (tertiary/aromatic N) is 1. The third kappa shape index (κ3) is 5.81. The molecule has 7 nitrogen and oxygen atoms in total. The minimum Gasteiger partial charge on any atom is -0.376 e. The number of benzene rings is 2. The summed E-state index contributed by atoms with van der Waals surface area (Å²) in [6, 6.07) is 13.6. The van der Waals surface area contributed by atoms with Crippen LogP contribution in [0.25, 0.3) is 0 Å². The Labute approximate surface area is 170 Å². The first-order chi connectivity index (χ1) is 14.0. The van der Waals surface area contributed by atoms with Crippen LogP contribution in [0.4, 0.5) is 11.4 Å². The molecule has 1 aliphatic rings. The Morgan fingerprint density at radius 1 is 0.862 bits per heavy atom. The van der Waals surface area contributed by atoms with Gasteiger partial charge in [0.25, 0.3) is 5.91 Å². The van der Waals surface area contributed by atoms with Gasteiger partial charge in [0.1, 0.15) is 0 Å². The average molecular weight is 394 g/mol. The summed E-state index contributed by atoms with van der Waals surface area (Å²) in [6.07, 6.45) is 4.48. The Morgan fingerprint density at radius 2 is 1.55 bits per heavy atom. The van der Waals surface area contributed by atoms with E-state index in [0.717, 1.165) is 31.6 Å². The molecule has 1 heterocycles. The van der Waals surface area contributed by atoms with Crippen LogP contribution in [-0.4, -0.2) is 42.3 Å². The molecular weight excluding hydrogens is 368 g/mol. The molecule has 1 aliphatic heterocycles. The molecule has 0 bridgehead atoms. The molecule has 0 atom stereocenters. The van der Waals surface area contributed by atoms with E-state index in [1.807, 2.05) is 4.90 Å². The molecule has 0 unspecified atom stereocenters. The number of hydrogen-bond donors (Lipinski definition) is 3. The number of amides is 3. The van der Waals surface area contributed by atoms with Crippen molar-refractivity contribution >= 4 is 29.1 Å². The second kappa shape index (κ2) is 9.73. The van der Waals surface area contributed by atoms with Gasteiger partial charge < -0.3 is 21.3 Å². The largest absolute Gasteiger partial charge is 0.376 e. The van der Waals surface area contributed by atoms with Gasteiger partial charge in [-0.2, -0.15) is 0 Å². The van der Waals surface area contributed by atoms with Crippen molar-refractivity contribution in [3.05, 3.63) is 59.7 Å². The zero-order valence-corrected chi connectivity index (χ0v) is 16.3. The fourth-order valence-electron chi connectivity index (χ4n) is 3.32. The normalized spacial score (nSPS) is 14.0. The van der Waals surface area contributed by atoms with Crippen LogP contribution >= 0.6 is 0 Å². The van der Waals surface area contributed by atoms with Crippen LogP contribution in [0.5, 0.6) is 0 Å². The van der Waals surface area contributed by atoms with Gasteiger partial charge in [0.2, 0.25) is 11.8 Å². The van der Waals surface area contributed by atoms with Crippen molar-refractivity contribution in [1.29, 1.82) is 0 Å². The molecule has 152 valence electrons. The number of anilines is 2. The number of carbonyl (C=O) groups is 3. The van der Waals surface area contributed by atoms with Crippen LogP contribution in [0.2, 0.25) is 0 Å². The monoisotopic (exact) mass is 394 g/mol. The van der Waals surface area contributed by atoms with E-state index in [0.29, 0.717) is 16.8 Å². The highest BCUT2D eigenvalue weighted by Crippen LogP contribution is 2.16. The van der Waals surface area contributed by atoms with Gasteiger partial charge in [-0.3, -0.25) is 14.4 Å². The van der Waals surface area contributed by atoms with Gasteiger partial charge in [0.05, 0.1) is 6.54 Å². The zero-order valence-electron chi connectivity index (χ0n) is 16.3. The van der Waals surface area contributed by atoms with Crippen molar-refractivity contribution in [1.82, 2.24) is 4.90 Å². The molecule has 1 fully saturated rings. The second-order valence-electron chi connectivity index (χ2n) is 7.13.